The van der Waals surface area contributed by atoms with E-state index in [2.05, 4.69) is 12.1 Å². The summed E-state index contributed by atoms with van der Waals surface area (Å²) in [7, 11) is 0. The number of phenolic OH excluding ortho intramolecular Hbond substituents is 1. The monoisotopic (exact) mass is 237 g/mol. The molecule has 2 N–H and O–H groups in total. The van der Waals surface area contributed by atoms with Crippen molar-refractivity contribution in [3.8, 4) is 11.5 Å². The van der Waals surface area contributed by atoms with Crippen LogP contribution in [0.15, 0.2) is 23.4 Å². The van der Waals surface area contributed by atoms with Gasteiger partial charge in [-0.05, 0) is 25.5 Å². The zero-order valence-corrected chi connectivity index (χ0v) is 10.3. The highest BCUT2D eigenvalue weighted by atomic mass is 16.5. The molecule has 0 bridgehead atoms. The summed E-state index contributed by atoms with van der Waals surface area (Å²) in [5, 5.41) is 21.4. The van der Waals surface area contributed by atoms with Crippen molar-refractivity contribution >= 4 is 5.71 Å². The van der Waals surface area contributed by atoms with E-state index in [0.29, 0.717) is 23.6 Å². The lowest BCUT2D eigenvalue weighted by molar-refractivity contribution is 0.304. The summed E-state index contributed by atoms with van der Waals surface area (Å²) < 4.78 is 5.49. The summed E-state index contributed by atoms with van der Waals surface area (Å²) in [5.41, 5.74) is 0.883. The number of benzene rings is 1. The topological polar surface area (TPSA) is 62.0 Å². The molecule has 0 heterocycles. The van der Waals surface area contributed by atoms with Gasteiger partial charge in [0.25, 0.3) is 0 Å². The maximum absolute atomic E-state index is 9.72. The van der Waals surface area contributed by atoms with Crippen molar-refractivity contribution < 1.29 is 15.1 Å². The molecule has 0 saturated heterocycles. The zero-order chi connectivity index (χ0) is 12.7. The van der Waals surface area contributed by atoms with Crippen LogP contribution >= 0.6 is 0 Å². The zero-order valence-electron chi connectivity index (χ0n) is 10.3. The molecule has 4 nitrogen and oxygen atoms in total. The molecule has 1 aromatic rings. The maximum atomic E-state index is 9.72. The molecule has 0 aliphatic rings. The van der Waals surface area contributed by atoms with Crippen LogP contribution in [0.2, 0.25) is 0 Å². The number of oxime groups is 1. The third kappa shape index (κ3) is 3.98. The standard InChI is InChI=1S/C13H19NO3/c1-3-4-5-8-17-11-6-7-12(10(2)14-16)13(15)9-11/h6-7,9,15-16H,3-5,8H2,1-2H3/b14-10+. The number of aromatic hydroxyl groups is 1. The molecule has 0 aromatic heterocycles. The quantitative estimate of drug-likeness (QED) is 0.346. The molecular weight excluding hydrogens is 218 g/mol. The summed E-state index contributed by atoms with van der Waals surface area (Å²) in [5.74, 6) is 0.696. The third-order valence-electron chi connectivity index (χ3n) is 2.53. The average molecular weight is 237 g/mol. The van der Waals surface area contributed by atoms with Gasteiger partial charge < -0.3 is 15.1 Å². The molecule has 0 aliphatic carbocycles. The van der Waals surface area contributed by atoms with Crippen LogP contribution < -0.4 is 4.74 Å². The first-order valence-corrected chi connectivity index (χ1v) is 5.84. The van der Waals surface area contributed by atoms with Crippen molar-refractivity contribution in [2.45, 2.75) is 33.1 Å². The van der Waals surface area contributed by atoms with Gasteiger partial charge in [0.15, 0.2) is 0 Å². The number of rotatable bonds is 6. The van der Waals surface area contributed by atoms with Crippen LogP contribution in [0.1, 0.15) is 38.7 Å². The molecule has 4 heteroatoms. The smallest absolute Gasteiger partial charge is 0.128 e. The Balaban J connectivity index is 2.63. The van der Waals surface area contributed by atoms with Crippen LogP contribution in [0.5, 0.6) is 11.5 Å². The summed E-state index contributed by atoms with van der Waals surface area (Å²) in [6.45, 7) is 4.41. The van der Waals surface area contributed by atoms with Crippen molar-refractivity contribution in [3.63, 3.8) is 0 Å². The molecule has 0 spiro atoms. The molecule has 17 heavy (non-hydrogen) atoms. The molecule has 0 amide bonds. The van der Waals surface area contributed by atoms with Crippen molar-refractivity contribution in [3.05, 3.63) is 23.8 Å². The van der Waals surface area contributed by atoms with Gasteiger partial charge in [-0.3, -0.25) is 0 Å². The van der Waals surface area contributed by atoms with Gasteiger partial charge in [-0.1, -0.05) is 24.9 Å². The van der Waals surface area contributed by atoms with E-state index in [1.807, 2.05) is 0 Å². The third-order valence-corrected chi connectivity index (χ3v) is 2.53. The minimum absolute atomic E-state index is 0.0632. The Labute approximate surface area is 102 Å². The van der Waals surface area contributed by atoms with Gasteiger partial charge in [0.05, 0.1) is 12.3 Å². The molecule has 1 aromatic carbocycles. The first-order chi connectivity index (χ1) is 8.19. The molecule has 0 radical (unpaired) electrons. The number of unbranched alkanes of at least 4 members (excludes halogenated alkanes) is 2. The Hall–Kier alpha value is -1.71. The maximum Gasteiger partial charge on any atom is 0.128 e. The Morgan fingerprint density at radius 2 is 2.12 bits per heavy atom. The lowest BCUT2D eigenvalue weighted by Gasteiger charge is -2.08. The Morgan fingerprint density at radius 1 is 1.35 bits per heavy atom. The summed E-state index contributed by atoms with van der Waals surface area (Å²) in [6.07, 6.45) is 3.30. The van der Waals surface area contributed by atoms with E-state index >= 15 is 0 Å². The highest BCUT2D eigenvalue weighted by Gasteiger charge is 2.06. The second kappa shape index (κ2) is 6.78. The first kappa shape index (κ1) is 13.4. The van der Waals surface area contributed by atoms with Gasteiger partial charge in [0.2, 0.25) is 0 Å². The minimum Gasteiger partial charge on any atom is -0.507 e. The van der Waals surface area contributed by atoms with Gasteiger partial charge in [-0.25, -0.2) is 0 Å². The molecule has 94 valence electrons. The Bertz CT molecular complexity index is 388. The fourth-order valence-electron chi connectivity index (χ4n) is 1.50. The van der Waals surface area contributed by atoms with Crippen molar-refractivity contribution in [1.82, 2.24) is 0 Å². The SMILES string of the molecule is CCCCCOc1ccc(/C(C)=N/O)c(O)c1. The van der Waals surface area contributed by atoms with Crippen LogP contribution in [0.3, 0.4) is 0 Å². The van der Waals surface area contributed by atoms with E-state index in [4.69, 9.17) is 9.94 Å². The van der Waals surface area contributed by atoms with Gasteiger partial charge in [-0.15, -0.1) is 0 Å². The molecule has 0 aliphatic heterocycles. The highest BCUT2D eigenvalue weighted by molar-refractivity contribution is 6.00. The molecule has 0 fully saturated rings. The van der Waals surface area contributed by atoms with Crippen LogP contribution in [0.25, 0.3) is 0 Å². The van der Waals surface area contributed by atoms with Crippen molar-refractivity contribution in [1.29, 1.82) is 0 Å². The lowest BCUT2D eigenvalue weighted by Crippen LogP contribution is -1.99. The number of phenols is 1. The van der Waals surface area contributed by atoms with E-state index in [1.54, 1.807) is 19.1 Å². The summed E-state index contributed by atoms with van der Waals surface area (Å²) >= 11 is 0. The van der Waals surface area contributed by atoms with E-state index in [1.165, 1.54) is 6.07 Å². The van der Waals surface area contributed by atoms with E-state index in [-0.39, 0.29) is 5.75 Å². The van der Waals surface area contributed by atoms with E-state index < -0.39 is 0 Å². The summed E-state index contributed by atoms with van der Waals surface area (Å²) in [6, 6.07) is 4.98. The van der Waals surface area contributed by atoms with Crippen LogP contribution in [-0.4, -0.2) is 22.6 Å². The highest BCUT2D eigenvalue weighted by Crippen LogP contribution is 2.24. The van der Waals surface area contributed by atoms with Crippen LogP contribution in [-0.2, 0) is 0 Å². The molecule has 1 rings (SSSR count). The van der Waals surface area contributed by atoms with E-state index in [9.17, 15) is 5.11 Å². The Morgan fingerprint density at radius 3 is 2.71 bits per heavy atom. The minimum atomic E-state index is 0.0632. The average Bonchev–Trinajstić information content (AvgIpc) is 2.34. The normalized spacial score (nSPS) is 11.5. The lowest BCUT2D eigenvalue weighted by atomic mass is 10.1. The van der Waals surface area contributed by atoms with Crippen LogP contribution in [0, 0.1) is 0 Å². The van der Waals surface area contributed by atoms with Gasteiger partial charge in [0, 0.05) is 11.6 Å². The predicted octanol–water partition coefficient (Wildman–Crippen LogP) is 3.16. The van der Waals surface area contributed by atoms with Crippen LogP contribution in [0.4, 0.5) is 0 Å². The number of ether oxygens (including phenoxy) is 1. The van der Waals surface area contributed by atoms with E-state index in [0.717, 1.165) is 19.3 Å². The van der Waals surface area contributed by atoms with Crippen molar-refractivity contribution in [2.24, 2.45) is 5.16 Å². The van der Waals surface area contributed by atoms with Gasteiger partial charge in [0.1, 0.15) is 11.5 Å². The first-order valence-electron chi connectivity index (χ1n) is 5.84. The molecule has 0 unspecified atom stereocenters. The molecular formula is C13H19NO3. The summed E-state index contributed by atoms with van der Waals surface area (Å²) in [4.78, 5) is 0. The second-order valence-electron chi connectivity index (χ2n) is 3.92. The number of hydrogen-bond acceptors (Lipinski definition) is 4. The van der Waals surface area contributed by atoms with Gasteiger partial charge in [-0.2, -0.15) is 0 Å². The fourth-order valence-corrected chi connectivity index (χ4v) is 1.50. The number of nitrogens with zero attached hydrogens (tertiary/aromatic N) is 1. The molecule has 0 atom stereocenters. The Kier molecular flexibility index (Phi) is 5.33. The second-order valence-corrected chi connectivity index (χ2v) is 3.92. The largest absolute Gasteiger partial charge is 0.507 e. The fraction of sp³-hybridized carbons (Fsp3) is 0.462. The van der Waals surface area contributed by atoms with Gasteiger partial charge >= 0.3 is 0 Å². The van der Waals surface area contributed by atoms with Crippen molar-refractivity contribution in [2.75, 3.05) is 6.61 Å². The predicted molar refractivity (Wildman–Crippen MR) is 67.1 cm³/mol. The molecule has 0 saturated carbocycles. The number of hydrogen-bond donors (Lipinski definition) is 2.